The highest BCUT2D eigenvalue weighted by atomic mass is 16.5. The first-order chi connectivity index (χ1) is 13.5. The second-order valence-electron chi connectivity index (χ2n) is 6.61. The van der Waals surface area contributed by atoms with Crippen molar-refractivity contribution in [2.75, 3.05) is 6.54 Å². The van der Waals surface area contributed by atoms with Gasteiger partial charge in [-0.25, -0.2) is 0 Å². The molecule has 0 bridgehead atoms. The molecule has 28 heavy (non-hydrogen) atoms. The smallest absolute Gasteiger partial charge is 0.251 e. The van der Waals surface area contributed by atoms with E-state index >= 15 is 0 Å². The van der Waals surface area contributed by atoms with Gasteiger partial charge in [0, 0.05) is 31.0 Å². The second kappa shape index (κ2) is 9.41. The minimum atomic E-state index is -1.21. The van der Waals surface area contributed by atoms with Crippen LogP contribution in [0.25, 0.3) is 0 Å². The third kappa shape index (κ3) is 5.13. The largest absolute Gasteiger partial charge is 0.388 e. The number of amides is 2. The normalized spacial score (nSPS) is 23.9. The molecule has 1 aliphatic rings. The van der Waals surface area contributed by atoms with Crippen molar-refractivity contribution in [3.05, 3.63) is 66.0 Å². The van der Waals surface area contributed by atoms with Crippen molar-refractivity contribution in [2.45, 2.75) is 37.4 Å². The van der Waals surface area contributed by atoms with Gasteiger partial charge in [-0.2, -0.15) is 0 Å². The molecule has 0 spiro atoms. The number of nitrogens with one attached hydrogen (secondary N) is 2. The molecule has 8 nitrogen and oxygen atoms in total. The van der Waals surface area contributed by atoms with Gasteiger partial charge in [-0.1, -0.05) is 24.3 Å². The second-order valence-corrected chi connectivity index (χ2v) is 6.61. The molecule has 1 aromatic heterocycles. The van der Waals surface area contributed by atoms with Crippen LogP contribution in [0.5, 0.6) is 0 Å². The Morgan fingerprint density at radius 3 is 2.46 bits per heavy atom. The highest BCUT2D eigenvalue weighted by molar-refractivity contribution is 5.94. The highest BCUT2D eigenvalue weighted by Gasteiger charge is 2.43. The van der Waals surface area contributed by atoms with Crippen LogP contribution in [0.15, 0.2) is 54.9 Å². The summed E-state index contributed by atoms with van der Waals surface area (Å²) in [4.78, 5) is 28.2. The summed E-state index contributed by atoms with van der Waals surface area (Å²) in [5.74, 6) is -0.613. The number of hydrogen-bond donors (Lipinski definition) is 4. The highest BCUT2D eigenvalue weighted by Crippen LogP contribution is 2.23. The first-order valence-corrected chi connectivity index (χ1v) is 9.05. The number of aliphatic hydroxyl groups excluding tert-OH is 2. The lowest BCUT2D eigenvalue weighted by molar-refractivity contribution is -0.125. The van der Waals surface area contributed by atoms with Crippen LogP contribution in [-0.2, 0) is 16.1 Å². The first-order valence-electron chi connectivity index (χ1n) is 9.05. The Labute approximate surface area is 162 Å². The van der Waals surface area contributed by atoms with Gasteiger partial charge in [-0.15, -0.1) is 0 Å². The summed E-state index contributed by atoms with van der Waals surface area (Å²) in [6.45, 7) is 0.342. The summed E-state index contributed by atoms with van der Waals surface area (Å²) in [5.41, 5.74) is 1.34. The monoisotopic (exact) mass is 385 g/mol. The Kier molecular flexibility index (Phi) is 6.70. The Balaban J connectivity index is 1.46. The molecule has 2 heterocycles. The van der Waals surface area contributed by atoms with Crippen molar-refractivity contribution < 1.29 is 24.5 Å². The number of pyridine rings is 1. The van der Waals surface area contributed by atoms with E-state index in [4.69, 9.17) is 4.74 Å². The molecule has 2 aromatic rings. The average molecular weight is 385 g/mol. The average Bonchev–Trinajstić information content (AvgIpc) is 2.99. The van der Waals surface area contributed by atoms with Crippen LogP contribution in [0, 0.1) is 0 Å². The van der Waals surface area contributed by atoms with E-state index in [0.29, 0.717) is 12.1 Å². The van der Waals surface area contributed by atoms with Crippen molar-refractivity contribution in [1.29, 1.82) is 0 Å². The van der Waals surface area contributed by atoms with E-state index in [-0.39, 0.29) is 24.8 Å². The topological polar surface area (TPSA) is 121 Å². The van der Waals surface area contributed by atoms with Crippen LogP contribution in [-0.4, -0.2) is 58.0 Å². The third-order valence-electron chi connectivity index (χ3n) is 4.56. The van der Waals surface area contributed by atoms with Gasteiger partial charge >= 0.3 is 0 Å². The van der Waals surface area contributed by atoms with E-state index in [0.717, 1.165) is 5.56 Å². The Morgan fingerprint density at radius 1 is 1.00 bits per heavy atom. The number of ether oxygens (including phenoxy) is 1. The quantitative estimate of drug-likeness (QED) is 0.533. The molecular weight excluding hydrogens is 362 g/mol. The summed E-state index contributed by atoms with van der Waals surface area (Å²) in [6.07, 6.45) is -0.833. The predicted octanol–water partition coefficient (Wildman–Crippen LogP) is 0.00710. The van der Waals surface area contributed by atoms with Crippen molar-refractivity contribution in [2.24, 2.45) is 0 Å². The Bertz CT molecular complexity index is 787. The Hall–Kier alpha value is -2.81. The van der Waals surface area contributed by atoms with Gasteiger partial charge in [0.2, 0.25) is 5.91 Å². The number of hydrogen-bond acceptors (Lipinski definition) is 6. The van der Waals surface area contributed by atoms with Crippen LogP contribution in [0.3, 0.4) is 0 Å². The molecule has 148 valence electrons. The summed E-state index contributed by atoms with van der Waals surface area (Å²) >= 11 is 0. The molecule has 8 heteroatoms. The fourth-order valence-corrected chi connectivity index (χ4v) is 3.01. The zero-order chi connectivity index (χ0) is 19.9. The molecule has 4 N–H and O–H groups in total. The van der Waals surface area contributed by atoms with Crippen LogP contribution in [0.2, 0.25) is 0 Å². The van der Waals surface area contributed by atoms with E-state index < -0.39 is 24.4 Å². The summed E-state index contributed by atoms with van der Waals surface area (Å²) < 4.78 is 5.61. The van der Waals surface area contributed by atoms with E-state index in [1.165, 1.54) is 0 Å². The van der Waals surface area contributed by atoms with Gasteiger partial charge in [0.25, 0.3) is 5.91 Å². The fourth-order valence-electron chi connectivity index (χ4n) is 3.01. The maximum Gasteiger partial charge on any atom is 0.251 e. The molecule has 0 unspecified atom stereocenters. The van der Waals surface area contributed by atoms with E-state index in [2.05, 4.69) is 15.6 Å². The maximum absolute atomic E-state index is 12.1. The molecule has 3 rings (SSSR count). The number of benzene rings is 1. The predicted molar refractivity (Wildman–Crippen MR) is 100 cm³/mol. The van der Waals surface area contributed by atoms with E-state index in [1.54, 1.807) is 48.8 Å². The van der Waals surface area contributed by atoms with Gasteiger partial charge in [0.1, 0.15) is 18.3 Å². The molecule has 0 aliphatic carbocycles. The molecule has 2 amide bonds. The van der Waals surface area contributed by atoms with Gasteiger partial charge in [0.05, 0.1) is 12.5 Å². The minimum Gasteiger partial charge on any atom is -0.388 e. The molecular formula is C20H23N3O5. The lowest BCUT2D eigenvalue weighted by Gasteiger charge is -2.15. The van der Waals surface area contributed by atoms with Crippen molar-refractivity contribution in [3.63, 3.8) is 0 Å². The number of nitrogens with zero attached hydrogens (tertiary/aromatic N) is 1. The number of carbonyl (C=O) groups excluding carboxylic acids is 2. The molecule has 0 saturated carbocycles. The number of rotatable bonds is 7. The van der Waals surface area contributed by atoms with Crippen LogP contribution in [0.1, 0.15) is 22.3 Å². The molecule has 4 atom stereocenters. The van der Waals surface area contributed by atoms with Crippen molar-refractivity contribution >= 4 is 11.8 Å². The zero-order valence-electron chi connectivity index (χ0n) is 15.2. The van der Waals surface area contributed by atoms with Gasteiger partial charge in [-0.05, 0) is 23.8 Å². The Morgan fingerprint density at radius 2 is 1.75 bits per heavy atom. The first kappa shape index (κ1) is 19.9. The lowest BCUT2D eigenvalue weighted by Crippen LogP contribution is -2.40. The van der Waals surface area contributed by atoms with Gasteiger partial charge < -0.3 is 25.6 Å². The van der Waals surface area contributed by atoms with Gasteiger partial charge in [-0.3, -0.25) is 14.6 Å². The summed E-state index contributed by atoms with van der Waals surface area (Å²) in [5, 5.41) is 25.7. The number of carbonyl (C=O) groups is 2. The van der Waals surface area contributed by atoms with Crippen LogP contribution in [0.4, 0.5) is 0 Å². The van der Waals surface area contributed by atoms with Crippen molar-refractivity contribution in [1.82, 2.24) is 15.6 Å². The molecule has 0 radical (unpaired) electrons. The summed E-state index contributed by atoms with van der Waals surface area (Å²) in [6, 6.07) is 12.3. The standard InChI is InChI=1S/C20H23N3O5/c24-17(22-11-13-5-4-8-21-10-13)9-15-18(25)19(26)16(28-15)12-23-20(27)14-6-2-1-3-7-14/h1-8,10,15-16,18-19,25-26H,9,11-12H2,(H,22,24)(H,23,27)/t15-,16-,18-,19+/m0/s1. The third-order valence-corrected chi connectivity index (χ3v) is 4.56. The molecule has 1 saturated heterocycles. The lowest BCUT2D eigenvalue weighted by atomic mass is 10.1. The molecule has 1 aromatic carbocycles. The fraction of sp³-hybridized carbons (Fsp3) is 0.350. The van der Waals surface area contributed by atoms with Crippen molar-refractivity contribution in [3.8, 4) is 0 Å². The maximum atomic E-state index is 12.1. The van der Waals surface area contributed by atoms with E-state index in [1.807, 2.05) is 6.07 Å². The van der Waals surface area contributed by atoms with E-state index in [9.17, 15) is 19.8 Å². The summed E-state index contributed by atoms with van der Waals surface area (Å²) in [7, 11) is 0. The minimum absolute atomic E-state index is 0.0275. The number of aromatic nitrogens is 1. The SMILES string of the molecule is O=C(C[C@@H]1O[C@@H](CNC(=O)c2ccccc2)[C@@H](O)[C@H]1O)NCc1cccnc1. The number of aliphatic hydroxyl groups is 2. The molecule has 1 fully saturated rings. The molecule has 1 aliphatic heterocycles. The van der Waals surface area contributed by atoms with Gasteiger partial charge in [0.15, 0.2) is 0 Å². The zero-order valence-corrected chi connectivity index (χ0v) is 15.2. The van der Waals surface area contributed by atoms with Crippen LogP contribution >= 0.6 is 0 Å². The van der Waals surface area contributed by atoms with Crippen LogP contribution < -0.4 is 10.6 Å².